The van der Waals surface area contributed by atoms with Gasteiger partial charge in [0.2, 0.25) is 0 Å². The number of benzene rings is 1. The van der Waals surface area contributed by atoms with Crippen molar-refractivity contribution in [2.75, 3.05) is 0 Å². The maximum Gasteiger partial charge on any atom is 0.309 e. The van der Waals surface area contributed by atoms with Gasteiger partial charge >= 0.3 is 5.69 Å². The highest BCUT2D eigenvalue weighted by molar-refractivity contribution is 6.36. The van der Waals surface area contributed by atoms with Crippen LogP contribution in [0.15, 0.2) is 24.4 Å². The van der Waals surface area contributed by atoms with Gasteiger partial charge in [-0.2, -0.15) is 5.10 Å². The Balaban J connectivity index is 2.47. The number of hydrogen-bond donors (Lipinski definition) is 0. The van der Waals surface area contributed by atoms with E-state index >= 15 is 0 Å². The van der Waals surface area contributed by atoms with Crippen LogP contribution in [0.4, 0.5) is 5.69 Å². The number of nitro groups is 1. The highest BCUT2D eigenvalue weighted by Crippen LogP contribution is 2.33. The maximum atomic E-state index is 10.8. The molecule has 0 saturated heterocycles. The van der Waals surface area contributed by atoms with E-state index in [1.54, 1.807) is 25.1 Å². The number of nitrogens with zero attached hydrogens (tertiary/aromatic N) is 3. The van der Waals surface area contributed by atoms with Crippen molar-refractivity contribution in [3.63, 3.8) is 0 Å². The molecule has 0 bridgehead atoms. The number of halogens is 2. The van der Waals surface area contributed by atoms with Gasteiger partial charge in [-0.25, -0.2) is 0 Å². The van der Waals surface area contributed by atoms with Crippen LogP contribution >= 0.6 is 23.2 Å². The molecule has 100 valence electrons. The van der Waals surface area contributed by atoms with Crippen LogP contribution in [-0.2, 0) is 0 Å². The third-order valence-corrected chi connectivity index (χ3v) is 3.56. The summed E-state index contributed by atoms with van der Waals surface area (Å²) in [5.41, 5.74) is 1.04. The molecule has 7 heteroatoms. The van der Waals surface area contributed by atoms with Crippen LogP contribution in [0.1, 0.15) is 24.2 Å². The van der Waals surface area contributed by atoms with Gasteiger partial charge in [-0.05, 0) is 26.0 Å². The molecule has 0 N–H and O–H groups in total. The Morgan fingerprint density at radius 2 is 1.95 bits per heavy atom. The molecular formula is C12H11Cl2N3O2. The van der Waals surface area contributed by atoms with Gasteiger partial charge < -0.3 is 0 Å². The fourth-order valence-electron chi connectivity index (χ4n) is 1.89. The molecule has 1 atom stereocenters. The van der Waals surface area contributed by atoms with Crippen molar-refractivity contribution >= 4 is 28.9 Å². The van der Waals surface area contributed by atoms with E-state index in [1.165, 1.54) is 10.9 Å². The van der Waals surface area contributed by atoms with E-state index < -0.39 is 4.92 Å². The lowest BCUT2D eigenvalue weighted by Crippen LogP contribution is -2.08. The van der Waals surface area contributed by atoms with E-state index in [9.17, 15) is 10.1 Å². The Hall–Kier alpha value is -1.59. The third kappa shape index (κ3) is 2.57. The molecule has 2 rings (SSSR count). The van der Waals surface area contributed by atoms with Crippen molar-refractivity contribution in [1.29, 1.82) is 0 Å². The topological polar surface area (TPSA) is 61.0 Å². The van der Waals surface area contributed by atoms with E-state index in [4.69, 9.17) is 23.2 Å². The lowest BCUT2D eigenvalue weighted by Gasteiger charge is -2.15. The highest BCUT2D eigenvalue weighted by atomic mass is 35.5. The average molecular weight is 300 g/mol. The summed E-state index contributed by atoms with van der Waals surface area (Å²) < 4.78 is 1.50. The van der Waals surface area contributed by atoms with E-state index in [-0.39, 0.29) is 11.7 Å². The first-order chi connectivity index (χ1) is 8.91. The monoisotopic (exact) mass is 299 g/mol. The zero-order valence-electron chi connectivity index (χ0n) is 10.3. The molecule has 1 aromatic heterocycles. The van der Waals surface area contributed by atoms with Gasteiger partial charge in [-0.1, -0.05) is 29.3 Å². The molecule has 1 aromatic carbocycles. The van der Waals surface area contributed by atoms with Crippen molar-refractivity contribution in [3.05, 3.63) is 55.8 Å². The number of aryl methyl sites for hydroxylation is 1. The Bertz CT molecular complexity index is 620. The van der Waals surface area contributed by atoms with E-state index in [0.717, 1.165) is 0 Å². The summed E-state index contributed by atoms with van der Waals surface area (Å²) in [5.74, 6) is 0. The van der Waals surface area contributed by atoms with Crippen molar-refractivity contribution in [1.82, 2.24) is 9.78 Å². The minimum Gasteiger partial charge on any atom is -0.258 e. The van der Waals surface area contributed by atoms with Crippen molar-refractivity contribution < 1.29 is 4.92 Å². The second kappa shape index (κ2) is 5.19. The third-order valence-electron chi connectivity index (χ3n) is 2.90. The highest BCUT2D eigenvalue weighted by Gasteiger charge is 2.21. The molecule has 0 spiro atoms. The Kier molecular flexibility index (Phi) is 3.78. The van der Waals surface area contributed by atoms with Crippen LogP contribution in [0.3, 0.4) is 0 Å². The first-order valence-electron chi connectivity index (χ1n) is 5.56. The van der Waals surface area contributed by atoms with Gasteiger partial charge in [0.15, 0.2) is 0 Å². The fourth-order valence-corrected chi connectivity index (χ4v) is 2.61. The molecule has 0 saturated carbocycles. The van der Waals surface area contributed by atoms with E-state index in [2.05, 4.69) is 5.10 Å². The first-order valence-corrected chi connectivity index (χ1v) is 6.31. The molecule has 2 aromatic rings. The molecule has 0 aliphatic rings. The Morgan fingerprint density at radius 1 is 1.37 bits per heavy atom. The van der Waals surface area contributed by atoms with Gasteiger partial charge in [0.25, 0.3) is 0 Å². The quantitative estimate of drug-likeness (QED) is 0.635. The average Bonchev–Trinajstić information content (AvgIpc) is 2.71. The second-order valence-electron chi connectivity index (χ2n) is 4.15. The van der Waals surface area contributed by atoms with Crippen LogP contribution in [0.2, 0.25) is 10.0 Å². The van der Waals surface area contributed by atoms with Crippen LogP contribution in [0.5, 0.6) is 0 Å². The maximum absolute atomic E-state index is 10.8. The molecule has 0 aliphatic carbocycles. The predicted molar refractivity (Wildman–Crippen MR) is 73.9 cm³/mol. The summed E-state index contributed by atoms with van der Waals surface area (Å²) >= 11 is 12.2. The van der Waals surface area contributed by atoms with Gasteiger partial charge in [0, 0.05) is 15.6 Å². The smallest absolute Gasteiger partial charge is 0.258 e. The van der Waals surface area contributed by atoms with E-state index in [1.807, 2.05) is 6.92 Å². The van der Waals surface area contributed by atoms with Crippen LogP contribution in [-0.4, -0.2) is 14.7 Å². The minimum atomic E-state index is -0.459. The predicted octanol–water partition coefficient (Wildman–Crippen LogP) is 4.02. The zero-order chi connectivity index (χ0) is 14.2. The molecule has 1 heterocycles. The summed E-state index contributed by atoms with van der Waals surface area (Å²) in [6.45, 7) is 3.43. The SMILES string of the molecule is Cc1nn(C(C)c2c(Cl)cccc2Cl)cc1[N+](=O)[O-]. The molecule has 19 heavy (non-hydrogen) atoms. The summed E-state index contributed by atoms with van der Waals surface area (Å²) in [6.07, 6.45) is 1.39. The molecule has 5 nitrogen and oxygen atoms in total. The van der Waals surface area contributed by atoms with Crippen LogP contribution in [0.25, 0.3) is 0 Å². The van der Waals surface area contributed by atoms with E-state index in [0.29, 0.717) is 21.3 Å². The summed E-state index contributed by atoms with van der Waals surface area (Å²) in [5, 5.41) is 16.0. The van der Waals surface area contributed by atoms with Crippen LogP contribution < -0.4 is 0 Å². The molecule has 0 amide bonds. The second-order valence-corrected chi connectivity index (χ2v) is 4.96. The minimum absolute atomic E-state index is 0.0185. The van der Waals surface area contributed by atoms with Crippen molar-refractivity contribution in [2.45, 2.75) is 19.9 Å². The number of rotatable bonds is 3. The lowest BCUT2D eigenvalue weighted by atomic mass is 10.1. The fraction of sp³-hybridized carbons (Fsp3) is 0.250. The van der Waals surface area contributed by atoms with Gasteiger partial charge in [0.1, 0.15) is 11.9 Å². The first kappa shape index (κ1) is 13.8. The van der Waals surface area contributed by atoms with Gasteiger partial charge in [0.05, 0.1) is 11.0 Å². The summed E-state index contributed by atoms with van der Waals surface area (Å²) in [7, 11) is 0. The van der Waals surface area contributed by atoms with Crippen molar-refractivity contribution in [3.8, 4) is 0 Å². The lowest BCUT2D eigenvalue weighted by molar-refractivity contribution is -0.385. The van der Waals surface area contributed by atoms with Gasteiger partial charge in [-0.3, -0.25) is 14.8 Å². The molecule has 0 fully saturated rings. The molecular weight excluding hydrogens is 289 g/mol. The molecule has 0 aliphatic heterocycles. The largest absolute Gasteiger partial charge is 0.309 e. The number of aromatic nitrogens is 2. The summed E-state index contributed by atoms with van der Waals surface area (Å²) in [4.78, 5) is 10.4. The normalized spacial score (nSPS) is 12.4. The number of hydrogen-bond acceptors (Lipinski definition) is 3. The van der Waals surface area contributed by atoms with Gasteiger partial charge in [-0.15, -0.1) is 0 Å². The van der Waals surface area contributed by atoms with Crippen molar-refractivity contribution in [2.24, 2.45) is 0 Å². The van der Waals surface area contributed by atoms with Crippen LogP contribution in [0, 0.1) is 17.0 Å². The Labute approximate surface area is 119 Å². The summed E-state index contributed by atoms with van der Waals surface area (Å²) in [6, 6.07) is 4.92. The zero-order valence-corrected chi connectivity index (χ0v) is 11.8. The standard InChI is InChI=1S/C12H11Cl2N3O2/c1-7-11(17(18)19)6-16(15-7)8(2)12-9(13)4-3-5-10(12)14/h3-6,8H,1-2H3. The Morgan fingerprint density at radius 3 is 2.42 bits per heavy atom. The molecule has 0 radical (unpaired) electrons. The molecule has 1 unspecified atom stereocenters.